The number of thiophene rings is 1. The van der Waals surface area contributed by atoms with Crippen molar-refractivity contribution < 1.29 is 14.7 Å². The molecule has 1 saturated heterocycles. The van der Waals surface area contributed by atoms with E-state index in [0.717, 1.165) is 37.1 Å². The van der Waals surface area contributed by atoms with Crippen LogP contribution in [-0.2, 0) is 11.2 Å². The Morgan fingerprint density at radius 2 is 2.19 bits per heavy atom. The number of carboxylic acid groups (broad SMARTS) is 1. The maximum atomic E-state index is 12.2. The molecule has 1 amide bonds. The van der Waals surface area contributed by atoms with Crippen molar-refractivity contribution in [1.29, 1.82) is 0 Å². The molecule has 0 bridgehead atoms. The van der Waals surface area contributed by atoms with Gasteiger partial charge < -0.3 is 10.0 Å². The molecular weight excluding hydrogens is 346 g/mol. The summed E-state index contributed by atoms with van der Waals surface area (Å²) in [6, 6.07) is 3.72. The van der Waals surface area contributed by atoms with E-state index in [-0.39, 0.29) is 11.9 Å². The number of amides is 1. The van der Waals surface area contributed by atoms with Crippen LogP contribution in [0.25, 0.3) is 0 Å². The number of carbonyl (C=O) groups excluding carboxylic acids is 1. The van der Waals surface area contributed by atoms with Gasteiger partial charge in [-0.15, -0.1) is 11.3 Å². The van der Waals surface area contributed by atoms with Crippen molar-refractivity contribution in [1.82, 2.24) is 4.90 Å². The molecule has 5 heteroatoms. The molecule has 0 unspecified atom stereocenters. The van der Waals surface area contributed by atoms with Gasteiger partial charge in [-0.2, -0.15) is 0 Å². The topological polar surface area (TPSA) is 57.6 Å². The smallest absolute Gasteiger partial charge is 0.345 e. The van der Waals surface area contributed by atoms with E-state index in [1.54, 1.807) is 6.07 Å². The van der Waals surface area contributed by atoms with E-state index in [4.69, 9.17) is 5.11 Å². The third-order valence-electron chi connectivity index (χ3n) is 4.71. The molecule has 0 aromatic carbocycles. The van der Waals surface area contributed by atoms with Gasteiger partial charge in [0, 0.05) is 17.8 Å². The summed E-state index contributed by atoms with van der Waals surface area (Å²) in [4.78, 5) is 26.5. The Labute approximate surface area is 160 Å². The zero-order valence-electron chi connectivity index (χ0n) is 15.7. The molecule has 1 aromatic heterocycles. The molecule has 26 heavy (non-hydrogen) atoms. The number of aryl methyl sites for hydroxylation is 1. The summed E-state index contributed by atoms with van der Waals surface area (Å²) < 4.78 is 0. The lowest BCUT2D eigenvalue weighted by Gasteiger charge is -2.22. The number of allylic oxidation sites excluding steroid dienone is 3. The van der Waals surface area contributed by atoms with Crippen molar-refractivity contribution in [2.24, 2.45) is 0 Å². The van der Waals surface area contributed by atoms with Gasteiger partial charge in [0.25, 0.3) is 0 Å². The lowest BCUT2D eigenvalue weighted by molar-refractivity contribution is -0.128. The van der Waals surface area contributed by atoms with Crippen LogP contribution in [0.15, 0.2) is 35.9 Å². The number of nitrogens with zero attached hydrogens (tertiary/aromatic N) is 1. The fraction of sp³-hybridized carbons (Fsp3) is 0.524. The minimum atomic E-state index is -0.872. The third kappa shape index (κ3) is 6.13. The van der Waals surface area contributed by atoms with Crippen molar-refractivity contribution in [2.45, 2.75) is 64.8 Å². The van der Waals surface area contributed by atoms with E-state index in [2.05, 4.69) is 32.1 Å². The van der Waals surface area contributed by atoms with Crippen molar-refractivity contribution >= 4 is 23.2 Å². The van der Waals surface area contributed by atoms with Crippen LogP contribution in [0.3, 0.4) is 0 Å². The normalized spacial score (nSPS) is 18.2. The summed E-state index contributed by atoms with van der Waals surface area (Å²) in [6.07, 6.45) is 13.1. The number of rotatable bonds is 10. The molecule has 1 atom stereocenters. The molecule has 1 aromatic rings. The molecule has 1 N–H and O–H groups in total. The largest absolute Gasteiger partial charge is 0.477 e. The minimum absolute atomic E-state index is 0.190. The summed E-state index contributed by atoms with van der Waals surface area (Å²) >= 11 is 1.32. The monoisotopic (exact) mass is 375 g/mol. The quantitative estimate of drug-likeness (QED) is 0.581. The average molecular weight is 376 g/mol. The third-order valence-corrected chi connectivity index (χ3v) is 5.84. The van der Waals surface area contributed by atoms with Crippen LogP contribution >= 0.6 is 11.3 Å². The first-order chi connectivity index (χ1) is 12.5. The Morgan fingerprint density at radius 3 is 2.88 bits per heavy atom. The van der Waals surface area contributed by atoms with Gasteiger partial charge in [-0.3, -0.25) is 4.79 Å². The Kier molecular flexibility index (Phi) is 8.10. The molecule has 1 fully saturated rings. The number of hydrogen-bond acceptors (Lipinski definition) is 3. The highest BCUT2D eigenvalue weighted by Gasteiger charge is 2.28. The Morgan fingerprint density at radius 1 is 1.38 bits per heavy atom. The van der Waals surface area contributed by atoms with E-state index < -0.39 is 5.97 Å². The first kappa shape index (κ1) is 20.4. The standard InChI is InChI=1S/C21H29NO3S/c1-3-4-7-16(2)8-5-9-17-11-14-20(23)22(17)15-6-10-18-12-13-19(26-18)21(24)25/h5,8-9,12-13,17H,3-4,6-7,10-11,14-15H2,1-2H3,(H,24,25)/t17-/m0/s1. The number of likely N-dealkylation sites (tertiary alicyclic amines) is 1. The molecule has 0 aliphatic carbocycles. The number of hydrogen-bond donors (Lipinski definition) is 1. The fourth-order valence-corrected chi connectivity index (χ4v) is 4.07. The molecule has 1 aliphatic heterocycles. The van der Waals surface area contributed by atoms with Crippen molar-refractivity contribution in [3.8, 4) is 0 Å². The summed E-state index contributed by atoms with van der Waals surface area (Å²) in [5.41, 5.74) is 1.38. The predicted molar refractivity (Wildman–Crippen MR) is 107 cm³/mol. The molecule has 2 heterocycles. The molecule has 4 nitrogen and oxygen atoms in total. The van der Waals surface area contributed by atoms with Gasteiger partial charge in [-0.05, 0) is 51.2 Å². The van der Waals surface area contributed by atoms with Gasteiger partial charge in [-0.1, -0.05) is 37.1 Å². The van der Waals surface area contributed by atoms with E-state index in [0.29, 0.717) is 11.3 Å². The van der Waals surface area contributed by atoms with E-state index in [9.17, 15) is 9.59 Å². The zero-order valence-corrected chi connectivity index (χ0v) is 16.6. The van der Waals surface area contributed by atoms with Gasteiger partial charge >= 0.3 is 5.97 Å². The molecular formula is C21H29NO3S. The zero-order chi connectivity index (χ0) is 18.9. The van der Waals surface area contributed by atoms with Gasteiger partial charge in [0.05, 0.1) is 6.04 Å². The number of unbranched alkanes of at least 4 members (excludes halogenated alkanes) is 1. The highest BCUT2D eigenvalue weighted by molar-refractivity contribution is 7.13. The number of carboxylic acids is 1. The van der Waals surface area contributed by atoms with Gasteiger partial charge in [0.15, 0.2) is 0 Å². The highest BCUT2D eigenvalue weighted by Crippen LogP contribution is 2.22. The maximum absolute atomic E-state index is 12.2. The molecule has 0 spiro atoms. The van der Waals surface area contributed by atoms with E-state index in [1.165, 1.54) is 29.8 Å². The Bertz CT molecular complexity index is 675. The van der Waals surface area contributed by atoms with Crippen molar-refractivity contribution in [2.75, 3.05) is 6.54 Å². The fourth-order valence-electron chi connectivity index (χ4n) is 3.18. The lowest BCUT2D eigenvalue weighted by atomic mass is 10.1. The van der Waals surface area contributed by atoms with E-state index in [1.807, 2.05) is 11.0 Å². The minimum Gasteiger partial charge on any atom is -0.477 e. The van der Waals surface area contributed by atoms with Crippen molar-refractivity contribution in [3.63, 3.8) is 0 Å². The van der Waals surface area contributed by atoms with Crippen LogP contribution in [-0.4, -0.2) is 34.5 Å². The predicted octanol–water partition coefficient (Wildman–Crippen LogP) is 5.06. The lowest BCUT2D eigenvalue weighted by Crippen LogP contribution is -2.32. The van der Waals surface area contributed by atoms with Gasteiger partial charge in [0.2, 0.25) is 5.91 Å². The summed E-state index contributed by atoms with van der Waals surface area (Å²) in [6.45, 7) is 5.08. The maximum Gasteiger partial charge on any atom is 0.345 e. The van der Waals surface area contributed by atoms with Crippen LogP contribution in [0.2, 0.25) is 0 Å². The van der Waals surface area contributed by atoms with Crippen molar-refractivity contribution in [3.05, 3.63) is 45.7 Å². The second-order valence-electron chi connectivity index (χ2n) is 6.87. The SMILES string of the molecule is CCCCC(C)=CC=C[C@H]1CCC(=O)N1CCCc1ccc(C(=O)O)s1. The highest BCUT2D eigenvalue weighted by atomic mass is 32.1. The first-order valence-corrected chi connectivity index (χ1v) is 10.3. The Hall–Kier alpha value is -1.88. The van der Waals surface area contributed by atoms with Crippen LogP contribution in [0.5, 0.6) is 0 Å². The summed E-state index contributed by atoms with van der Waals surface area (Å²) in [5, 5.41) is 8.98. The molecule has 2 rings (SSSR count). The Balaban J connectivity index is 1.83. The van der Waals surface area contributed by atoms with E-state index >= 15 is 0 Å². The second kappa shape index (κ2) is 10.3. The van der Waals surface area contributed by atoms with Crippen LogP contribution in [0, 0.1) is 0 Å². The van der Waals surface area contributed by atoms with Crippen LogP contribution < -0.4 is 0 Å². The molecule has 0 saturated carbocycles. The van der Waals surface area contributed by atoms with Crippen LogP contribution in [0.4, 0.5) is 0 Å². The summed E-state index contributed by atoms with van der Waals surface area (Å²) in [7, 11) is 0. The van der Waals surface area contributed by atoms with Gasteiger partial charge in [-0.25, -0.2) is 4.79 Å². The molecule has 142 valence electrons. The second-order valence-corrected chi connectivity index (χ2v) is 8.04. The molecule has 0 radical (unpaired) electrons. The first-order valence-electron chi connectivity index (χ1n) is 9.46. The number of aromatic carboxylic acids is 1. The van der Waals surface area contributed by atoms with Gasteiger partial charge in [0.1, 0.15) is 4.88 Å². The summed E-state index contributed by atoms with van der Waals surface area (Å²) in [5.74, 6) is -0.646. The molecule has 1 aliphatic rings. The van der Waals surface area contributed by atoms with Crippen LogP contribution in [0.1, 0.15) is 66.9 Å². The average Bonchev–Trinajstić information content (AvgIpc) is 3.21. The number of carbonyl (C=O) groups is 2.